The van der Waals surface area contributed by atoms with E-state index in [0.29, 0.717) is 16.6 Å². The maximum absolute atomic E-state index is 4.85. The summed E-state index contributed by atoms with van der Waals surface area (Å²) in [6.45, 7) is 11.6. The standard InChI is InChI=1S/C19H32N4S/c1-5-21-18(23-14-19(4)9-7-11-24-19)22-13-17(15(2)3)16-8-6-10-20-12-16/h6,8,10,12,15,17H,5,7,9,11,13-14H2,1-4H3,(H2,21,22,23). The van der Waals surface area contributed by atoms with Gasteiger partial charge in [-0.25, -0.2) is 0 Å². The molecule has 4 nitrogen and oxygen atoms in total. The molecule has 1 fully saturated rings. The van der Waals surface area contributed by atoms with Gasteiger partial charge in [0.15, 0.2) is 5.96 Å². The number of nitrogens with one attached hydrogen (secondary N) is 2. The molecule has 0 bridgehead atoms. The molecule has 24 heavy (non-hydrogen) atoms. The molecule has 1 saturated heterocycles. The molecule has 0 aromatic carbocycles. The highest BCUT2D eigenvalue weighted by molar-refractivity contribution is 8.00. The fraction of sp³-hybridized carbons (Fsp3) is 0.684. The van der Waals surface area contributed by atoms with Crippen molar-refractivity contribution in [2.45, 2.75) is 51.2 Å². The van der Waals surface area contributed by atoms with Crippen LogP contribution in [-0.2, 0) is 0 Å². The highest BCUT2D eigenvalue weighted by Crippen LogP contribution is 2.37. The van der Waals surface area contributed by atoms with Gasteiger partial charge in [0.2, 0.25) is 0 Å². The molecule has 2 atom stereocenters. The molecule has 1 aliphatic heterocycles. The summed E-state index contributed by atoms with van der Waals surface area (Å²) >= 11 is 2.06. The monoisotopic (exact) mass is 348 g/mol. The Hall–Kier alpha value is -1.23. The van der Waals surface area contributed by atoms with Crippen molar-refractivity contribution >= 4 is 17.7 Å². The second kappa shape index (κ2) is 9.30. The van der Waals surface area contributed by atoms with Gasteiger partial charge in [0.25, 0.3) is 0 Å². The van der Waals surface area contributed by atoms with Gasteiger partial charge in [-0.15, -0.1) is 0 Å². The summed E-state index contributed by atoms with van der Waals surface area (Å²) in [6, 6.07) is 4.18. The molecular weight excluding hydrogens is 316 g/mol. The quantitative estimate of drug-likeness (QED) is 0.583. The lowest BCUT2D eigenvalue weighted by molar-refractivity contribution is 0.486. The predicted molar refractivity (Wildman–Crippen MR) is 106 cm³/mol. The molecule has 2 heterocycles. The second-order valence-corrected chi connectivity index (χ2v) is 8.80. The first-order chi connectivity index (χ1) is 11.5. The fourth-order valence-electron chi connectivity index (χ4n) is 3.09. The van der Waals surface area contributed by atoms with Gasteiger partial charge in [0, 0.05) is 36.1 Å². The summed E-state index contributed by atoms with van der Waals surface area (Å²) in [5.41, 5.74) is 1.29. The molecular formula is C19H32N4S. The number of aliphatic imine (C=N–C) groups is 1. The maximum Gasteiger partial charge on any atom is 0.191 e. The number of rotatable bonds is 7. The van der Waals surface area contributed by atoms with Gasteiger partial charge in [0.1, 0.15) is 0 Å². The molecule has 5 heteroatoms. The lowest BCUT2D eigenvalue weighted by Gasteiger charge is -2.24. The first kappa shape index (κ1) is 19.1. The van der Waals surface area contributed by atoms with Crippen LogP contribution in [0, 0.1) is 5.92 Å². The molecule has 134 valence electrons. The van der Waals surface area contributed by atoms with Crippen LogP contribution >= 0.6 is 11.8 Å². The molecule has 2 rings (SSSR count). The van der Waals surface area contributed by atoms with Crippen molar-refractivity contribution < 1.29 is 0 Å². The van der Waals surface area contributed by atoms with E-state index in [2.05, 4.69) is 61.1 Å². The first-order valence-electron chi connectivity index (χ1n) is 9.10. The third-order valence-electron chi connectivity index (χ3n) is 4.62. The summed E-state index contributed by atoms with van der Waals surface area (Å²) in [5.74, 6) is 3.18. The van der Waals surface area contributed by atoms with Gasteiger partial charge in [0.05, 0.1) is 6.54 Å². The van der Waals surface area contributed by atoms with Crippen molar-refractivity contribution in [2.24, 2.45) is 10.9 Å². The van der Waals surface area contributed by atoms with Crippen LogP contribution in [0.3, 0.4) is 0 Å². The smallest absolute Gasteiger partial charge is 0.191 e. The van der Waals surface area contributed by atoms with Gasteiger partial charge in [-0.3, -0.25) is 9.98 Å². The van der Waals surface area contributed by atoms with E-state index in [4.69, 9.17) is 4.99 Å². The zero-order valence-corrected chi connectivity index (χ0v) is 16.3. The zero-order valence-electron chi connectivity index (χ0n) is 15.5. The van der Waals surface area contributed by atoms with Crippen molar-refractivity contribution in [2.75, 3.05) is 25.4 Å². The molecule has 0 spiro atoms. The van der Waals surface area contributed by atoms with Crippen LogP contribution in [0.4, 0.5) is 0 Å². The Morgan fingerprint density at radius 1 is 1.42 bits per heavy atom. The van der Waals surface area contributed by atoms with E-state index >= 15 is 0 Å². The van der Waals surface area contributed by atoms with Crippen LogP contribution in [-0.4, -0.2) is 41.1 Å². The van der Waals surface area contributed by atoms with Crippen LogP contribution in [0.5, 0.6) is 0 Å². The van der Waals surface area contributed by atoms with E-state index < -0.39 is 0 Å². The van der Waals surface area contributed by atoms with Gasteiger partial charge in [-0.2, -0.15) is 11.8 Å². The molecule has 0 radical (unpaired) electrons. The van der Waals surface area contributed by atoms with Gasteiger partial charge < -0.3 is 10.6 Å². The van der Waals surface area contributed by atoms with Crippen molar-refractivity contribution in [3.8, 4) is 0 Å². The maximum atomic E-state index is 4.85. The van der Waals surface area contributed by atoms with Crippen molar-refractivity contribution in [1.82, 2.24) is 15.6 Å². The minimum Gasteiger partial charge on any atom is -0.357 e. The molecule has 1 aliphatic rings. The summed E-state index contributed by atoms with van der Waals surface area (Å²) in [6.07, 6.45) is 6.40. The highest BCUT2D eigenvalue weighted by atomic mass is 32.2. The normalized spacial score (nSPS) is 22.6. The molecule has 0 saturated carbocycles. The van der Waals surface area contributed by atoms with Crippen LogP contribution in [0.2, 0.25) is 0 Å². The van der Waals surface area contributed by atoms with Crippen molar-refractivity contribution in [3.05, 3.63) is 30.1 Å². The Balaban J connectivity index is 1.98. The van der Waals surface area contributed by atoms with E-state index in [9.17, 15) is 0 Å². The average Bonchev–Trinajstić information content (AvgIpc) is 3.00. The number of aromatic nitrogens is 1. The Bertz CT molecular complexity index is 509. The summed E-state index contributed by atoms with van der Waals surface area (Å²) in [5, 5.41) is 6.93. The van der Waals surface area contributed by atoms with Gasteiger partial charge in [-0.05, 0) is 50.0 Å². The largest absolute Gasteiger partial charge is 0.357 e. The van der Waals surface area contributed by atoms with Gasteiger partial charge >= 0.3 is 0 Å². The van der Waals surface area contributed by atoms with E-state index in [1.54, 1.807) is 0 Å². The molecule has 0 aliphatic carbocycles. The molecule has 1 aromatic rings. The lowest BCUT2D eigenvalue weighted by Crippen LogP contribution is -2.41. The number of thioether (sulfide) groups is 1. The van der Waals surface area contributed by atoms with Crippen LogP contribution < -0.4 is 10.6 Å². The van der Waals surface area contributed by atoms with Crippen LogP contribution in [0.15, 0.2) is 29.5 Å². The number of nitrogens with zero attached hydrogens (tertiary/aromatic N) is 2. The SMILES string of the molecule is CCNC(=NCC1(C)CCCS1)NCC(c1cccnc1)C(C)C. The third-order valence-corrected chi connectivity index (χ3v) is 6.15. The highest BCUT2D eigenvalue weighted by Gasteiger charge is 2.29. The lowest BCUT2D eigenvalue weighted by atomic mass is 9.89. The third kappa shape index (κ3) is 5.69. The molecule has 1 aromatic heterocycles. The number of pyridine rings is 1. The summed E-state index contributed by atoms with van der Waals surface area (Å²) in [7, 11) is 0. The Kier molecular flexibility index (Phi) is 7.40. The van der Waals surface area contributed by atoms with Crippen molar-refractivity contribution in [1.29, 1.82) is 0 Å². The predicted octanol–water partition coefficient (Wildman–Crippen LogP) is 3.66. The minimum absolute atomic E-state index is 0.309. The average molecular weight is 349 g/mol. The Labute approximate surface area is 151 Å². The summed E-state index contributed by atoms with van der Waals surface area (Å²) in [4.78, 5) is 9.12. The van der Waals surface area contributed by atoms with E-state index in [-0.39, 0.29) is 0 Å². The number of hydrogen-bond acceptors (Lipinski definition) is 3. The summed E-state index contributed by atoms with van der Waals surface area (Å²) < 4.78 is 0.309. The fourth-order valence-corrected chi connectivity index (χ4v) is 4.32. The Morgan fingerprint density at radius 2 is 2.25 bits per heavy atom. The van der Waals surface area contributed by atoms with Crippen LogP contribution in [0.1, 0.15) is 52.0 Å². The zero-order chi connectivity index (χ0) is 17.4. The van der Waals surface area contributed by atoms with Gasteiger partial charge in [-0.1, -0.05) is 19.9 Å². The van der Waals surface area contributed by atoms with E-state index in [1.165, 1.54) is 24.2 Å². The first-order valence-corrected chi connectivity index (χ1v) is 10.1. The Morgan fingerprint density at radius 3 is 2.83 bits per heavy atom. The second-order valence-electron chi connectivity index (χ2n) is 7.11. The molecule has 0 amide bonds. The number of hydrogen-bond donors (Lipinski definition) is 2. The number of guanidine groups is 1. The molecule has 2 N–H and O–H groups in total. The van der Waals surface area contributed by atoms with E-state index in [1.807, 2.05) is 18.5 Å². The minimum atomic E-state index is 0.309. The van der Waals surface area contributed by atoms with Crippen LogP contribution in [0.25, 0.3) is 0 Å². The van der Waals surface area contributed by atoms with E-state index in [0.717, 1.165) is 25.6 Å². The topological polar surface area (TPSA) is 49.3 Å². The van der Waals surface area contributed by atoms with Crippen molar-refractivity contribution in [3.63, 3.8) is 0 Å². The molecule has 2 unspecified atom stereocenters.